The lowest BCUT2D eigenvalue weighted by atomic mass is 9.68. The van der Waals surface area contributed by atoms with Crippen LogP contribution < -0.4 is 14.5 Å². The molecule has 1 saturated heterocycles. The molecule has 6 rings (SSSR count). The summed E-state index contributed by atoms with van der Waals surface area (Å²) < 4.78 is 70.2. The van der Waals surface area contributed by atoms with E-state index in [2.05, 4.69) is 10.6 Å². The molecule has 0 aromatic heterocycles. The van der Waals surface area contributed by atoms with E-state index in [1.807, 2.05) is 0 Å². The van der Waals surface area contributed by atoms with Crippen LogP contribution in [0.4, 0.5) is 24.5 Å². The van der Waals surface area contributed by atoms with Crippen LogP contribution in [0.3, 0.4) is 0 Å². The molecule has 2 atom stereocenters. The summed E-state index contributed by atoms with van der Waals surface area (Å²) in [5, 5.41) is 5.73. The van der Waals surface area contributed by atoms with Crippen molar-refractivity contribution in [1.29, 1.82) is 0 Å². The summed E-state index contributed by atoms with van der Waals surface area (Å²) >= 11 is 0. The fourth-order valence-electron chi connectivity index (χ4n) is 7.00. The Morgan fingerprint density at radius 1 is 0.927 bits per heavy atom. The minimum atomic E-state index is -4.44. The predicted octanol–water partition coefficient (Wildman–Crippen LogP) is 5.01. The molecule has 41 heavy (non-hydrogen) atoms. The molecule has 214 valence electrons. The van der Waals surface area contributed by atoms with Crippen LogP contribution in [-0.4, -0.2) is 39.4 Å². The van der Waals surface area contributed by atoms with Gasteiger partial charge in [-0.3, -0.25) is 4.79 Å². The van der Waals surface area contributed by atoms with Gasteiger partial charge >= 0.3 is 15.9 Å². The fourth-order valence-corrected chi connectivity index (χ4v) is 9.24. The number of quaternary nitrogens is 1. The van der Waals surface area contributed by atoms with Gasteiger partial charge in [0.15, 0.2) is 5.69 Å². The van der Waals surface area contributed by atoms with Crippen LogP contribution in [0.2, 0.25) is 0 Å². The summed E-state index contributed by atoms with van der Waals surface area (Å²) in [6, 6.07) is 11.1. The maximum atomic E-state index is 14.6. The molecule has 7 nitrogen and oxygen atoms in total. The third kappa shape index (κ3) is 4.12. The van der Waals surface area contributed by atoms with Crippen molar-refractivity contribution >= 4 is 33.2 Å². The number of piperidine rings is 1. The van der Waals surface area contributed by atoms with Gasteiger partial charge in [0, 0.05) is 29.2 Å². The Balaban J connectivity index is 1.56. The molecule has 2 N–H and O–H groups in total. The zero-order valence-corrected chi connectivity index (χ0v) is 23.1. The van der Waals surface area contributed by atoms with Gasteiger partial charge in [-0.25, -0.2) is 18.0 Å². The van der Waals surface area contributed by atoms with Crippen molar-refractivity contribution in [2.75, 3.05) is 18.4 Å². The maximum Gasteiger partial charge on any atom is 0.339 e. The average molecular weight is 585 g/mol. The molecule has 11 heteroatoms. The van der Waals surface area contributed by atoms with Gasteiger partial charge in [-0.05, 0) is 87.3 Å². The van der Waals surface area contributed by atoms with E-state index in [-0.39, 0.29) is 27.8 Å². The normalized spacial score (nSPS) is 23.3. The van der Waals surface area contributed by atoms with Gasteiger partial charge in [0.2, 0.25) is 0 Å². The van der Waals surface area contributed by atoms with Crippen LogP contribution in [0.25, 0.3) is 0 Å². The fraction of sp³-hybridized carbons (Fsp3) is 0.333. The van der Waals surface area contributed by atoms with Crippen LogP contribution in [0.15, 0.2) is 65.6 Å². The first-order valence-electron chi connectivity index (χ1n) is 13.6. The monoisotopic (exact) mass is 584 g/mol. The zero-order chi connectivity index (χ0) is 29.2. The van der Waals surface area contributed by atoms with Gasteiger partial charge in [0.05, 0.1) is 18.0 Å². The van der Waals surface area contributed by atoms with E-state index < -0.39 is 54.6 Å². The number of anilines is 1. The molecular weight excluding hydrogens is 555 g/mol. The molecule has 3 aromatic carbocycles. The first kappa shape index (κ1) is 27.6. The van der Waals surface area contributed by atoms with E-state index in [0.29, 0.717) is 31.5 Å². The lowest BCUT2D eigenvalue weighted by Crippen LogP contribution is -2.67. The SMILES string of the molecule is CC(=O)[N+]1(S(=O)(=O)c2ccc(F)cc2)c2ccc(C(=O)Nc3cc(F)ccc3F)cc2C2(CCNCC2)C1C1CC1. The highest BCUT2D eigenvalue weighted by atomic mass is 32.2. The Morgan fingerprint density at radius 3 is 2.22 bits per heavy atom. The van der Waals surface area contributed by atoms with E-state index >= 15 is 0 Å². The number of hydrogen-bond donors (Lipinski definition) is 2. The Morgan fingerprint density at radius 2 is 1.59 bits per heavy atom. The largest absolute Gasteiger partial charge is 0.339 e. The number of nitrogens with zero attached hydrogens (tertiary/aromatic N) is 1. The van der Waals surface area contributed by atoms with E-state index in [9.17, 15) is 31.2 Å². The van der Waals surface area contributed by atoms with Crippen molar-refractivity contribution in [2.45, 2.75) is 49.0 Å². The predicted molar refractivity (Wildman–Crippen MR) is 147 cm³/mol. The number of nitrogens with one attached hydrogen (secondary N) is 2. The van der Waals surface area contributed by atoms with Crippen molar-refractivity contribution in [3.8, 4) is 0 Å². The molecule has 2 unspecified atom stereocenters. The smallest absolute Gasteiger partial charge is 0.319 e. The van der Waals surface area contributed by atoms with Crippen LogP contribution in [0.1, 0.15) is 48.5 Å². The van der Waals surface area contributed by atoms with Gasteiger partial charge in [-0.1, -0.05) is 0 Å². The molecule has 0 bridgehead atoms. The minimum Gasteiger partial charge on any atom is -0.319 e. The van der Waals surface area contributed by atoms with Crippen molar-refractivity contribution in [3.63, 3.8) is 0 Å². The Kier molecular flexibility index (Phi) is 6.59. The molecular formula is C30H29F3N3O4S+. The lowest BCUT2D eigenvalue weighted by Gasteiger charge is -2.43. The van der Waals surface area contributed by atoms with Crippen LogP contribution in [0.5, 0.6) is 0 Å². The van der Waals surface area contributed by atoms with Crippen molar-refractivity contribution in [2.24, 2.45) is 5.92 Å². The topological polar surface area (TPSA) is 92.3 Å². The van der Waals surface area contributed by atoms with Crippen molar-refractivity contribution in [3.05, 3.63) is 89.2 Å². The molecule has 2 aliphatic heterocycles. The number of carbonyl (C=O) groups is 2. The number of rotatable bonds is 5. The van der Waals surface area contributed by atoms with Gasteiger partial charge < -0.3 is 10.6 Å². The summed E-state index contributed by atoms with van der Waals surface area (Å²) in [7, 11) is -4.44. The summed E-state index contributed by atoms with van der Waals surface area (Å²) in [4.78, 5) is 27.0. The number of carbonyl (C=O) groups excluding carboxylic acids is 2. The van der Waals surface area contributed by atoms with Crippen molar-refractivity contribution in [1.82, 2.24) is 9.21 Å². The van der Waals surface area contributed by atoms with Gasteiger partial charge in [-0.2, -0.15) is 8.42 Å². The molecule has 1 spiro atoms. The Hall–Kier alpha value is -3.54. The second kappa shape index (κ2) is 9.78. The molecule has 2 fully saturated rings. The Labute approximate surface area is 236 Å². The maximum absolute atomic E-state index is 14.6. The van der Waals surface area contributed by atoms with E-state index in [1.165, 1.54) is 31.2 Å². The molecule has 1 saturated carbocycles. The highest BCUT2D eigenvalue weighted by molar-refractivity contribution is 7.91. The van der Waals surface area contributed by atoms with E-state index in [0.717, 1.165) is 43.2 Å². The molecule has 0 radical (unpaired) electrons. The average Bonchev–Trinajstić information content (AvgIpc) is 3.75. The molecule has 3 aliphatic rings. The number of fused-ring (bicyclic) bond motifs is 2. The molecule has 3 aromatic rings. The highest BCUT2D eigenvalue weighted by Crippen LogP contribution is 2.62. The minimum absolute atomic E-state index is 0.0571. The quantitative estimate of drug-likeness (QED) is 0.412. The standard InChI is InChI=1S/C30H28F3N3O4S/c1-18(37)36(41(39,40)23-8-5-21(31)6-9-23)27-11-4-20(29(38)35-26-17-22(32)7-10-25(26)33)16-24(27)30(12-14-34-15-13-30)28(36)19-2-3-19/h4-11,16-17,19,28,34H,2-3,12-15H2,1H3/p+1. The first-order valence-corrected chi connectivity index (χ1v) is 15.0. The number of sulfonamides is 1. The zero-order valence-electron chi connectivity index (χ0n) is 22.3. The van der Waals surface area contributed by atoms with Crippen LogP contribution >= 0.6 is 0 Å². The first-order chi connectivity index (χ1) is 19.5. The third-order valence-electron chi connectivity index (χ3n) is 8.81. The number of halogens is 3. The summed E-state index contributed by atoms with van der Waals surface area (Å²) in [5.41, 5.74) is -0.0856. The summed E-state index contributed by atoms with van der Waals surface area (Å²) in [6.45, 7) is 2.44. The van der Waals surface area contributed by atoms with E-state index in [4.69, 9.17) is 0 Å². The molecule has 2 heterocycles. The third-order valence-corrected chi connectivity index (χ3v) is 11.1. The molecule has 1 aliphatic carbocycles. The highest BCUT2D eigenvalue weighted by Gasteiger charge is 2.73. The summed E-state index contributed by atoms with van der Waals surface area (Å²) in [5.74, 6) is -3.45. The van der Waals surface area contributed by atoms with Gasteiger partial charge in [0.1, 0.15) is 28.4 Å². The second-order valence-corrected chi connectivity index (χ2v) is 13.1. The second-order valence-electron chi connectivity index (χ2n) is 11.1. The number of amides is 2. The number of benzene rings is 3. The summed E-state index contributed by atoms with van der Waals surface area (Å²) in [6.07, 6.45) is 2.59. The Bertz CT molecular complexity index is 1670. The van der Waals surface area contributed by atoms with Gasteiger partial charge in [0.25, 0.3) is 5.91 Å². The number of hydrogen-bond acceptors (Lipinski definition) is 5. The lowest BCUT2D eigenvalue weighted by molar-refractivity contribution is -0.126. The van der Waals surface area contributed by atoms with Crippen molar-refractivity contribution < 1.29 is 31.2 Å². The molecule has 2 amide bonds. The van der Waals surface area contributed by atoms with Gasteiger partial charge in [-0.15, -0.1) is 3.89 Å². The van der Waals surface area contributed by atoms with Crippen LogP contribution in [0, 0.1) is 23.4 Å². The van der Waals surface area contributed by atoms with E-state index in [1.54, 1.807) is 6.07 Å². The van der Waals surface area contributed by atoms with Crippen LogP contribution in [-0.2, 0) is 20.2 Å².